The van der Waals surface area contributed by atoms with Crippen LogP contribution in [0.15, 0.2) is 46.6 Å². The summed E-state index contributed by atoms with van der Waals surface area (Å²) in [6.45, 7) is 3.88. The van der Waals surface area contributed by atoms with Crippen molar-refractivity contribution in [2.75, 3.05) is 52.3 Å². The topological polar surface area (TPSA) is 144 Å². The predicted molar refractivity (Wildman–Crippen MR) is 138 cm³/mol. The van der Waals surface area contributed by atoms with Crippen molar-refractivity contribution in [3.63, 3.8) is 0 Å². The molecule has 37 heavy (non-hydrogen) atoms. The number of hydrogen-bond donors (Lipinski definition) is 2. The van der Waals surface area contributed by atoms with E-state index in [0.29, 0.717) is 54.1 Å². The molecule has 1 aromatic heterocycles. The molecule has 1 aromatic carbocycles. The van der Waals surface area contributed by atoms with E-state index in [-0.39, 0.29) is 38.0 Å². The Morgan fingerprint density at radius 2 is 2.05 bits per heavy atom. The Kier molecular flexibility index (Phi) is 8.69. The van der Waals surface area contributed by atoms with E-state index in [1.165, 1.54) is 13.3 Å². The number of nitrogens with zero attached hydrogens (tertiary/aromatic N) is 4. The van der Waals surface area contributed by atoms with Gasteiger partial charge in [0, 0.05) is 31.0 Å². The van der Waals surface area contributed by atoms with E-state index in [9.17, 15) is 13.2 Å². The number of sulfonamides is 1. The molecule has 2 N–H and O–H groups in total. The van der Waals surface area contributed by atoms with E-state index in [1.807, 2.05) is 17.9 Å². The molecule has 0 saturated carbocycles. The number of hydrogen-bond acceptors (Lipinski definition) is 10. The molecule has 0 atom stereocenters. The molecule has 2 aliphatic heterocycles. The minimum atomic E-state index is -3.25. The molecule has 3 heterocycles. The fourth-order valence-electron chi connectivity index (χ4n) is 3.89. The Morgan fingerprint density at radius 3 is 2.81 bits per heavy atom. The number of pyridine rings is 1. The zero-order chi connectivity index (χ0) is 26.3. The molecular weight excluding hydrogens is 500 g/mol. The molecule has 2 aromatic rings. The van der Waals surface area contributed by atoms with Crippen LogP contribution in [-0.4, -0.2) is 88.3 Å². The number of fused-ring (bicyclic) bond motifs is 3. The van der Waals surface area contributed by atoms with Gasteiger partial charge in [0.2, 0.25) is 16.0 Å². The largest absolute Gasteiger partial charge is 0.491 e. The van der Waals surface area contributed by atoms with Gasteiger partial charge in [-0.25, -0.2) is 18.1 Å². The van der Waals surface area contributed by atoms with Gasteiger partial charge >= 0.3 is 0 Å². The molecule has 0 aliphatic carbocycles. The molecule has 0 bridgehead atoms. The zero-order valence-electron chi connectivity index (χ0n) is 20.8. The van der Waals surface area contributed by atoms with Crippen LogP contribution in [0.25, 0.3) is 0 Å². The van der Waals surface area contributed by atoms with Gasteiger partial charge in [-0.1, -0.05) is 6.92 Å². The summed E-state index contributed by atoms with van der Waals surface area (Å²) < 4.78 is 42.8. The SMILES string of the molecule is CCCS(=O)(=O)NCCOCCOc1ccc2c(c1OC)N=C(NC(=O)c1cccnc1)N1CCN=C21. The third-order valence-corrected chi connectivity index (χ3v) is 7.12. The minimum Gasteiger partial charge on any atom is -0.491 e. The Morgan fingerprint density at radius 1 is 1.19 bits per heavy atom. The van der Waals surface area contributed by atoms with Crippen molar-refractivity contribution in [2.45, 2.75) is 13.3 Å². The summed E-state index contributed by atoms with van der Waals surface area (Å²) in [5, 5.41) is 2.86. The first-order valence-corrected chi connectivity index (χ1v) is 13.6. The maximum absolute atomic E-state index is 12.8. The third-order valence-electron chi connectivity index (χ3n) is 5.53. The van der Waals surface area contributed by atoms with E-state index >= 15 is 0 Å². The summed E-state index contributed by atoms with van der Waals surface area (Å²) in [5.41, 5.74) is 1.69. The van der Waals surface area contributed by atoms with Gasteiger partial charge in [-0.15, -0.1) is 0 Å². The number of amidine groups is 1. The van der Waals surface area contributed by atoms with Crippen LogP contribution in [0.3, 0.4) is 0 Å². The standard InChI is InChI=1S/C24H30N6O6S/c1-3-15-37(32,33)27-10-12-35-13-14-36-19-7-6-18-20(21(19)34-2)28-24(30-11-9-26-22(18)30)29-23(31)17-5-4-8-25-16-17/h4-8,16,27H,3,9-15H2,1-2H3,(H,28,29,31). The maximum Gasteiger partial charge on any atom is 0.259 e. The van der Waals surface area contributed by atoms with Crippen molar-refractivity contribution < 1.29 is 27.4 Å². The highest BCUT2D eigenvalue weighted by molar-refractivity contribution is 7.89. The second-order valence-corrected chi connectivity index (χ2v) is 10.1. The van der Waals surface area contributed by atoms with E-state index in [1.54, 1.807) is 24.4 Å². The molecule has 198 valence electrons. The van der Waals surface area contributed by atoms with Crippen molar-refractivity contribution in [3.8, 4) is 11.5 Å². The molecule has 2 aliphatic rings. The number of aromatic nitrogens is 1. The smallest absolute Gasteiger partial charge is 0.259 e. The lowest BCUT2D eigenvalue weighted by atomic mass is 10.1. The fraction of sp³-hybridized carbons (Fsp3) is 0.417. The molecule has 1 amide bonds. The van der Waals surface area contributed by atoms with Crippen LogP contribution in [0.5, 0.6) is 11.5 Å². The van der Waals surface area contributed by atoms with Gasteiger partial charge in [-0.2, -0.15) is 0 Å². The van der Waals surface area contributed by atoms with Gasteiger partial charge in [0.1, 0.15) is 18.1 Å². The Hall–Kier alpha value is -3.55. The molecule has 12 nitrogen and oxygen atoms in total. The molecule has 4 rings (SSSR count). The second-order valence-electron chi connectivity index (χ2n) is 8.16. The first-order valence-electron chi connectivity index (χ1n) is 11.9. The summed E-state index contributed by atoms with van der Waals surface area (Å²) in [5.74, 6) is 1.68. The number of carbonyl (C=O) groups excluding carboxylic acids is 1. The summed E-state index contributed by atoms with van der Waals surface area (Å²) in [6, 6.07) is 7.01. The lowest BCUT2D eigenvalue weighted by Gasteiger charge is -2.28. The van der Waals surface area contributed by atoms with Crippen molar-refractivity contribution in [1.29, 1.82) is 0 Å². The fourth-order valence-corrected chi connectivity index (χ4v) is 4.97. The van der Waals surface area contributed by atoms with Crippen LogP contribution in [0, 0.1) is 0 Å². The Labute approximate surface area is 215 Å². The number of guanidine groups is 1. The quantitative estimate of drug-likeness (QED) is 0.391. The number of aliphatic imine (C=N–C) groups is 2. The number of rotatable bonds is 12. The molecule has 0 unspecified atom stereocenters. The molecule has 0 spiro atoms. The molecule has 13 heteroatoms. The Bertz CT molecular complexity index is 1280. The van der Waals surface area contributed by atoms with Crippen LogP contribution in [-0.2, 0) is 14.8 Å². The lowest BCUT2D eigenvalue weighted by molar-refractivity contribution is 0.0973. The molecular formula is C24H30N6O6S. The van der Waals surface area contributed by atoms with Crippen LogP contribution < -0.4 is 19.5 Å². The van der Waals surface area contributed by atoms with Gasteiger partial charge in [0.15, 0.2) is 11.5 Å². The van der Waals surface area contributed by atoms with Crippen molar-refractivity contribution in [1.82, 2.24) is 19.9 Å². The normalized spacial score (nSPS) is 14.4. The first-order chi connectivity index (χ1) is 17.9. The molecule has 0 fully saturated rings. The van der Waals surface area contributed by atoms with E-state index in [2.05, 4.69) is 20.0 Å². The summed E-state index contributed by atoms with van der Waals surface area (Å²) in [4.78, 5) is 27.9. The van der Waals surface area contributed by atoms with Gasteiger partial charge in [0.05, 0.1) is 38.2 Å². The van der Waals surface area contributed by atoms with Gasteiger partial charge in [-0.3, -0.25) is 25.0 Å². The third kappa shape index (κ3) is 6.42. The first kappa shape index (κ1) is 26.5. The summed E-state index contributed by atoms with van der Waals surface area (Å²) in [6.07, 6.45) is 3.64. The summed E-state index contributed by atoms with van der Waals surface area (Å²) >= 11 is 0. The van der Waals surface area contributed by atoms with Crippen molar-refractivity contribution >= 4 is 33.4 Å². The van der Waals surface area contributed by atoms with Crippen LogP contribution in [0.1, 0.15) is 29.3 Å². The van der Waals surface area contributed by atoms with Crippen molar-refractivity contribution in [3.05, 3.63) is 47.8 Å². The number of carbonyl (C=O) groups is 1. The van der Waals surface area contributed by atoms with Crippen LogP contribution in [0.4, 0.5) is 5.69 Å². The monoisotopic (exact) mass is 530 g/mol. The van der Waals surface area contributed by atoms with Gasteiger partial charge in [0.25, 0.3) is 5.91 Å². The summed E-state index contributed by atoms with van der Waals surface area (Å²) in [7, 11) is -1.73. The van der Waals surface area contributed by atoms with E-state index in [4.69, 9.17) is 19.2 Å². The maximum atomic E-state index is 12.8. The molecule has 0 radical (unpaired) electrons. The number of amides is 1. The average molecular weight is 531 g/mol. The highest BCUT2D eigenvalue weighted by Gasteiger charge is 2.33. The number of methoxy groups -OCH3 is 1. The predicted octanol–water partition coefficient (Wildman–Crippen LogP) is 1.31. The highest BCUT2D eigenvalue weighted by Crippen LogP contribution is 2.43. The Balaban J connectivity index is 1.42. The second kappa shape index (κ2) is 12.1. The van der Waals surface area contributed by atoms with Gasteiger partial charge in [-0.05, 0) is 30.7 Å². The highest BCUT2D eigenvalue weighted by atomic mass is 32.2. The van der Waals surface area contributed by atoms with Gasteiger partial charge < -0.3 is 14.2 Å². The number of benzene rings is 1. The lowest BCUT2D eigenvalue weighted by Crippen LogP contribution is -2.47. The number of ether oxygens (including phenoxy) is 3. The average Bonchev–Trinajstić information content (AvgIpc) is 3.39. The van der Waals surface area contributed by atoms with Crippen LogP contribution >= 0.6 is 0 Å². The number of nitrogens with one attached hydrogen (secondary N) is 2. The van der Waals surface area contributed by atoms with E-state index in [0.717, 1.165) is 5.56 Å². The zero-order valence-corrected chi connectivity index (χ0v) is 21.6. The van der Waals surface area contributed by atoms with E-state index < -0.39 is 10.0 Å². The van der Waals surface area contributed by atoms with Crippen LogP contribution in [0.2, 0.25) is 0 Å². The van der Waals surface area contributed by atoms with Crippen molar-refractivity contribution in [2.24, 2.45) is 9.98 Å². The minimum absolute atomic E-state index is 0.0930. The molecule has 0 saturated heterocycles.